The highest BCUT2D eigenvalue weighted by Crippen LogP contribution is 1.80. The van der Waals surface area contributed by atoms with E-state index in [1.165, 1.54) is 0 Å². The Labute approximate surface area is 68.2 Å². The normalized spacial score (nSPS) is 8.45. The van der Waals surface area contributed by atoms with Crippen LogP contribution in [-0.4, -0.2) is 9.97 Å². The van der Waals surface area contributed by atoms with E-state index in [0.717, 1.165) is 5.44 Å². The van der Waals surface area contributed by atoms with Crippen molar-refractivity contribution in [2.45, 2.75) is 0 Å². The molecule has 3 heteroatoms. The second-order valence-corrected chi connectivity index (χ2v) is 2.63. The molecule has 0 aliphatic heterocycles. The van der Waals surface area contributed by atoms with Crippen molar-refractivity contribution in [2.24, 2.45) is 0 Å². The third-order valence-electron chi connectivity index (χ3n) is 1.12. The summed E-state index contributed by atoms with van der Waals surface area (Å²) in [4.78, 5) is 5.82. The summed E-state index contributed by atoms with van der Waals surface area (Å²) in [5, 5.41) is 0. The number of rotatable bonds is 0. The number of nitrogens with one attached hydrogen (secondary N) is 2. The molecule has 0 radical (unpaired) electrons. The van der Waals surface area contributed by atoms with E-state index in [4.69, 9.17) is 0 Å². The largest absolute Gasteiger partial charge is 0.368 e. The Hall–Kier alpha value is -1.01. The van der Waals surface area contributed by atoms with Gasteiger partial charge >= 0.3 is 0 Å². The van der Waals surface area contributed by atoms with Gasteiger partial charge in [0, 0.05) is 24.0 Å². The molecule has 1 atom stereocenters. The van der Waals surface area contributed by atoms with Crippen LogP contribution in [0.2, 0.25) is 0 Å². The van der Waals surface area contributed by atoms with Crippen LogP contribution in [0.4, 0.5) is 0 Å². The predicted molar refractivity (Wildman–Crippen MR) is 50.9 cm³/mol. The van der Waals surface area contributed by atoms with Crippen molar-refractivity contribution in [2.75, 3.05) is 0 Å². The molecule has 11 heavy (non-hydrogen) atoms. The van der Waals surface area contributed by atoms with E-state index in [-0.39, 0.29) is 0 Å². The quantitative estimate of drug-likeness (QED) is 0.556. The van der Waals surface area contributed by atoms with Crippen molar-refractivity contribution < 1.29 is 0 Å². The third kappa shape index (κ3) is 3.64. The minimum absolute atomic E-state index is 1.13. The molecule has 2 nitrogen and oxygen atoms in total. The lowest BCUT2D eigenvalue weighted by Crippen LogP contribution is -1.83. The van der Waals surface area contributed by atoms with Gasteiger partial charge in [0.25, 0.3) is 0 Å². The van der Waals surface area contributed by atoms with Crippen molar-refractivity contribution >= 4 is 14.7 Å². The minimum atomic E-state index is 1.13. The van der Waals surface area contributed by atoms with Gasteiger partial charge in [-0.3, -0.25) is 0 Å². The van der Waals surface area contributed by atoms with E-state index in [1.807, 2.05) is 42.9 Å². The molecule has 0 amide bonds. The number of aromatic nitrogens is 2. The maximum Gasteiger partial charge on any atom is 0.0320 e. The summed E-state index contributed by atoms with van der Waals surface area (Å²) >= 11 is 0. The van der Waals surface area contributed by atoms with Crippen LogP contribution in [0.5, 0.6) is 0 Å². The average Bonchev–Trinajstić information content (AvgIpc) is 2.57. The second kappa shape index (κ2) is 4.75. The molecule has 58 valence electrons. The molecule has 0 aliphatic rings. The van der Waals surface area contributed by atoms with Gasteiger partial charge in [-0.15, -0.1) is 0 Å². The fourth-order valence-corrected chi connectivity index (χ4v) is 0.829. The maximum absolute atomic E-state index is 2.96. The highest BCUT2D eigenvalue weighted by Gasteiger charge is 1.72. The van der Waals surface area contributed by atoms with Crippen molar-refractivity contribution in [3.05, 3.63) is 42.9 Å². The zero-order chi connectivity index (χ0) is 7.94. The summed E-state index contributed by atoms with van der Waals surface area (Å²) in [6.07, 6.45) is 5.64. The van der Waals surface area contributed by atoms with E-state index in [9.17, 15) is 0 Å². The molecule has 0 aromatic carbocycles. The Morgan fingerprint density at radius 3 is 1.91 bits per heavy atom. The van der Waals surface area contributed by atoms with E-state index < -0.39 is 0 Å². The summed E-state index contributed by atoms with van der Waals surface area (Å²) in [5.74, 6) is 0. The van der Waals surface area contributed by atoms with Gasteiger partial charge in [-0.1, -0.05) is 9.24 Å². The van der Waals surface area contributed by atoms with Crippen molar-refractivity contribution in [3.8, 4) is 0 Å². The van der Waals surface area contributed by atoms with Crippen molar-refractivity contribution in [1.29, 1.82) is 0 Å². The van der Waals surface area contributed by atoms with Gasteiger partial charge in [0.1, 0.15) is 0 Å². The Kier molecular flexibility index (Phi) is 3.49. The predicted octanol–water partition coefficient (Wildman–Crippen LogP) is 1.53. The van der Waals surface area contributed by atoms with Crippen LogP contribution in [0.15, 0.2) is 42.9 Å². The number of H-pyrrole nitrogens is 2. The molecule has 0 saturated heterocycles. The van der Waals surface area contributed by atoms with Crippen LogP contribution < -0.4 is 5.44 Å². The van der Waals surface area contributed by atoms with Crippen LogP contribution in [0.3, 0.4) is 0 Å². The lowest BCUT2D eigenvalue weighted by atomic mass is 10.7. The SMILES string of the molecule is Pc1ccc[nH]1.c1cc[nH]c1. The topological polar surface area (TPSA) is 31.6 Å². The summed E-state index contributed by atoms with van der Waals surface area (Å²) in [7, 11) is 2.56. The summed E-state index contributed by atoms with van der Waals surface area (Å²) in [6, 6.07) is 7.84. The number of hydrogen-bond donors (Lipinski definition) is 2. The number of aromatic amines is 2. The monoisotopic (exact) mass is 166 g/mol. The minimum Gasteiger partial charge on any atom is -0.368 e. The first-order valence-electron chi connectivity index (χ1n) is 3.36. The Balaban J connectivity index is 0.000000112. The first kappa shape index (κ1) is 8.09. The molecular weight excluding hydrogens is 155 g/mol. The Morgan fingerprint density at radius 2 is 1.73 bits per heavy atom. The molecular formula is C8H11N2P. The Morgan fingerprint density at radius 1 is 1.00 bits per heavy atom. The van der Waals surface area contributed by atoms with Gasteiger partial charge in [-0.05, 0) is 24.3 Å². The maximum atomic E-state index is 2.96. The van der Waals surface area contributed by atoms with Gasteiger partial charge in [0.15, 0.2) is 0 Å². The third-order valence-corrected chi connectivity index (χ3v) is 1.48. The van der Waals surface area contributed by atoms with Gasteiger partial charge in [0.05, 0.1) is 0 Å². The van der Waals surface area contributed by atoms with Crippen LogP contribution in [0, 0.1) is 0 Å². The van der Waals surface area contributed by atoms with Gasteiger partial charge in [-0.2, -0.15) is 0 Å². The first-order chi connectivity index (χ1) is 5.39. The van der Waals surface area contributed by atoms with Crippen LogP contribution >= 0.6 is 9.24 Å². The fourth-order valence-electron chi connectivity index (χ4n) is 0.622. The van der Waals surface area contributed by atoms with Crippen LogP contribution in [0.25, 0.3) is 0 Å². The zero-order valence-corrected chi connectivity index (χ0v) is 7.27. The first-order valence-corrected chi connectivity index (χ1v) is 3.94. The van der Waals surface area contributed by atoms with Gasteiger partial charge in [0.2, 0.25) is 0 Å². The molecule has 1 unspecified atom stereocenters. The number of hydrogen-bond acceptors (Lipinski definition) is 0. The summed E-state index contributed by atoms with van der Waals surface area (Å²) in [5.41, 5.74) is 1.13. The van der Waals surface area contributed by atoms with Crippen LogP contribution in [0.1, 0.15) is 0 Å². The lowest BCUT2D eigenvalue weighted by molar-refractivity contribution is 1.42. The van der Waals surface area contributed by atoms with E-state index >= 15 is 0 Å². The average molecular weight is 166 g/mol. The molecule has 2 aromatic rings. The molecule has 0 saturated carbocycles. The molecule has 2 aromatic heterocycles. The highest BCUT2D eigenvalue weighted by molar-refractivity contribution is 7.26. The molecule has 0 bridgehead atoms. The van der Waals surface area contributed by atoms with Gasteiger partial charge in [-0.25, -0.2) is 0 Å². The van der Waals surface area contributed by atoms with Gasteiger partial charge < -0.3 is 9.97 Å². The summed E-state index contributed by atoms with van der Waals surface area (Å²) in [6.45, 7) is 0. The lowest BCUT2D eigenvalue weighted by Gasteiger charge is -1.70. The van der Waals surface area contributed by atoms with Crippen molar-refractivity contribution in [3.63, 3.8) is 0 Å². The molecule has 2 N–H and O–H groups in total. The highest BCUT2D eigenvalue weighted by atomic mass is 31.0. The molecule has 2 heterocycles. The van der Waals surface area contributed by atoms with E-state index in [1.54, 1.807) is 0 Å². The Bertz CT molecular complexity index is 230. The fraction of sp³-hybridized carbons (Fsp3) is 0. The summed E-state index contributed by atoms with van der Waals surface area (Å²) < 4.78 is 0. The molecule has 2 rings (SSSR count). The van der Waals surface area contributed by atoms with Crippen molar-refractivity contribution in [1.82, 2.24) is 9.97 Å². The zero-order valence-electron chi connectivity index (χ0n) is 6.12. The molecule has 0 spiro atoms. The van der Waals surface area contributed by atoms with E-state index in [0.29, 0.717) is 0 Å². The van der Waals surface area contributed by atoms with E-state index in [2.05, 4.69) is 19.2 Å². The molecule has 0 aliphatic carbocycles. The van der Waals surface area contributed by atoms with Crippen LogP contribution in [-0.2, 0) is 0 Å². The smallest absolute Gasteiger partial charge is 0.0320 e. The standard InChI is InChI=1S/C4H6NP.C4H5N/c6-4-2-1-3-5-4;1-2-4-5-3-1/h1-3,5H,6H2;1-5H. The second-order valence-electron chi connectivity index (χ2n) is 2.01. The molecule has 0 fully saturated rings.